The smallest absolute Gasteiger partial charge is 0.224 e. The Labute approximate surface area is 94.2 Å². The normalized spacial score (nSPS) is 21.7. The molecule has 1 radical (unpaired) electrons. The van der Waals surface area contributed by atoms with Gasteiger partial charge in [0.15, 0.2) is 0 Å². The Hall–Kier alpha value is -0.870. The Kier molecular flexibility index (Phi) is 3.38. The minimum Gasteiger partial charge on any atom is -0.377 e. The molecule has 15 heavy (non-hydrogen) atoms. The zero-order chi connectivity index (χ0) is 10.7. The number of halogens is 1. The quantitative estimate of drug-likeness (QED) is 0.718. The number of anilines is 1. The summed E-state index contributed by atoms with van der Waals surface area (Å²) < 4.78 is 5.43. The monoisotopic (exact) mass is 226 g/mol. The van der Waals surface area contributed by atoms with E-state index in [9.17, 15) is 0 Å². The highest BCUT2D eigenvalue weighted by molar-refractivity contribution is 6.28. The van der Waals surface area contributed by atoms with Gasteiger partial charge in [0.1, 0.15) is 5.82 Å². The Morgan fingerprint density at radius 2 is 2.60 bits per heavy atom. The number of hydrogen-bond acceptors (Lipinski definition) is 4. The van der Waals surface area contributed by atoms with Crippen LogP contribution in [-0.2, 0) is 4.74 Å². The Balaban J connectivity index is 2.20. The van der Waals surface area contributed by atoms with E-state index in [1.165, 1.54) is 0 Å². The molecule has 0 aromatic carbocycles. The third-order valence-electron chi connectivity index (χ3n) is 2.55. The third kappa shape index (κ3) is 2.38. The second-order valence-corrected chi connectivity index (χ2v) is 3.79. The molecule has 0 saturated carbocycles. The van der Waals surface area contributed by atoms with Gasteiger partial charge in [-0.15, -0.1) is 0 Å². The predicted octanol–water partition coefficient (Wildman–Crippen LogP) is 1.55. The molecular formula is C10H13ClN3O. The predicted molar refractivity (Wildman–Crippen MR) is 58.1 cm³/mol. The van der Waals surface area contributed by atoms with Gasteiger partial charge in [-0.3, -0.25) is 0 Å². The van der Waals surface area contributed by atoms with Crippen molar-refractivity contribution < 1.29 is 4.74 Å². The van der Waals surface area contributed by atoms with Crippen molar-refractivity contribution in [3.63, 3.8) is 0 Å². The van der Waals surface area contributed by atoms with Crippen LogP contribution in [0.5, 0.6) is 0 Å². The van der Waals surface area contributed by atoms with Crippen molar-refractivity contribution in [2.75, 3.05) is 24.7 Å². The van der Waals surface area contributed by atoms with E-state index in [1.54, 1.807) is 6.07 Å². The van der Waals surface area contributed by atoms with E-state index in [-0.39, 0.29) is 5.28 Å². The van der Waals surface area contributed by atoms with Gasteiger partial charge < -0.3 is 9.64 Å². The van der Waals surface area contributed by atoms with Gasteiger partial charge >= 0.3 is 0 Å². The van der Waals surface area contributed by atoms with Crippen molar-refractivity contribution in [3.8, 4) is 0 Å². The average molecular weight is 227 g/mol. The van der Waals surface area contributed by atoms with E-state index < -0.39 is 0 Å². The molecule has 2 rings (SSSR count). The SMILES string of the molecule is CC[C@H]1COCCN1c1c[c]nc(Cl)n1. The number of hydrogen-bond donors (Lipinski definition) is 0. The summed E-state index contributed by atoms with van der Waals surface area (Å²) in [6.07, 6.45) is 3.77. The first-order chi connectivity index (χ1) is 7.31. The van der Waals surface area contributed by atoms with Gasteiger partial charge in [-0.2, -0.15) is 0 Å². The van der Waals surface area contributed by atoms with E-state index in [0.29, 0.717) is 6.04 Å². The molecule has 0 unspecified atom stereocenters. The average Bonchev–Trinajstić information content (AvgIpc) is 2.29. The van der Waals surface area contributed by atoms with Crippen LogP contribution in [0.2, 0.25) is 5.28 Å². The maximum absolute atomic E-state index is 5.74. The molecule has 1 atom stereocenters. The molecule has 0 spiro atoms. The van der Waals surface area contributed by atoms with Gasteiger partial charge in [0.2, 0.25) is 5.28 Å². The maximum Gasteiger partial charge on any atom is 0.224 e. The van der Waals surface area contributed by atoms with Gasteiger partial charge in [0.25, 0.3) is 0 Å². The van der Waals surface area contributed by atoms with Crippen LogP contribution in [0.25, 0.3) is 0 Å². The van der Waals surface area contributed by atoms with Crippen molar-refractivity contribution in [1.29, 1.82) is 0 Å². The summed E-state index contributed by atoms with van der Waals surface area (Å²) in [5.41, 5.74) is 0. The minimum absolute atomic E-state index is 0.244. The second kappa shape index (κ2) is 4.77. The van der Waals surface area contributed by atoms with E-state index in [1.807, 2.05) is 0 Å². The molecule has 1 fully saturated rings. The molecule has 1 aliphatic heterocycles. The molecule has 0 bridgehead atoms. The van der Waals surface area contributed by atoms with Crippen LogP contribution in [-0.4, -0.2) is 35.8 Å². The summed E-state index contributed by atoms with van der Waals surface area (Å²) in [4.78, 5) is 10.1. The number of aromatic nitrogens is 2. The molecule has 5 heteroatoms. The summed E-state index contributed by atoms with van der Waals surface area (Å²) in [5, 5.41) is 0.244. The molecule has 2 heterocycles. The summed E-state index contributed by atoms with van der Waals surface area (Å²) in [5.74, 6) is 0.838. The lowest BCUT2D eigenvalue weighted by Gasteiger charge is -2.35. The van der Waals surface area contributed by atoms with E-state index >= 15 is 0 Å². The van der Waals surface area contributed by atoms with Crippen LogP contribution in [0.3, 0.4) is 0 Å². The highest BCUT2D eigenvalue weighted by atomic mass is 35.5. The van der Waals surface area contributed by atoms with E-state index in [0.717, 1.165) is 32.0 Å². The molecule has 81 valence electrons. The molecule has 4 nitrogen and oxygen atoms in total. The maximum atomic E-state index is 5.74. The number of morpholine rings is 1. The fourth-order valence-corrected chi connectivity index (χ4v) is 1.87. The Bertz CT molecular complexity index is 334. The van der Waals surface area contributed by atoms with Gasteiger partial charge in [0.05, 0.1) is 25.5 Å². The first kappa shape index (κ1) is 10.6. The first-order valence-corrected chi connectivity index (χ1v) is 5.44. The molecule has 0 N–H and O–H groups in total. The van der Waals surface area contributed by atoms with Crippen LogP contribution in [0, 0.1) is 6.20 Å². The lowest BCUT2D eigenvalue weighted by molar-refractivity contribution is 0.0925. The molecule has 1 saturated heterocycles. The molecule has 1 aliphatic rings. The zero-order valence-corrected chi connectivity index (χ0v) is 9.37. The van der Waals surface area contributed by atoms with Crippen LogP contribution >= 0.6 is 11.6 Å². The summed E-state index contributed by atoms with van der Waals surface area (Å²) >= 11 is 5.74. The summed E-state index contributed by atoms with van der Waals surface area (Å²) in [7, 11) is 0. The lowest BCUT2D eigenvalue weighted by Crippen LogP contribution is -2.45. The van der Waals surface area contributed by atoms with E-state index in [2.05, 4.69) is 28.0 Å². The number of rotatable bonds is 2. The fraction of sp³-hybridized carbons (Fsp3) is 0.600. The van der Waals surface area contributed by atoms with Gasteiger partial charge in [-0.1, -0.05) is 6.92 Å². The minimum atomic E-state index is 0.244. The topological polar surface area (TPSA) is 38.2 Å². The van der Waals surface area contributed by atoms with Crippen molar-refractivity contribution >= 4 is 17.4 Å². The van der Waals surface area contributed by atoms with E-state index in [4.69, 9.17) is 16.3 Å². The van der Waals surface area contributed by atoms with Crippen LogP contribution in [0.15, 0.2) is 6.07 Å². The first-order valence-electron chi connectivity index (χ1n) is 5.06. The third-order valence-corrected chi connectivity index (χ3v) is 2.72. The summed E-state index contributed by atoms with van der Waals surface area (Å²) in [6.45, 7) is 4.47. The molecule has 0 aliphatic carbocycles. The Morgan fingerprint density at radius 1 is 1.73 bits per heavy atom. The van der Waals surface area contributed by atoms with Crippen molar-refractivity contribution in [2.24, 2.45) is 0 Å². The van der Waals surface area contributed by atoms with Crippen molar-refractivity contribution in [3.05, 3.63) is 17.5 Å². The molecule has 1 aromatic heterocycles. The second-order valence-electron chi connectivity index (χ2n) is 3.45. The zero-order valence-electron chi connectivity index (χ0n) is 8.61. The van der Waals surface area contributed by atoms with Gasteiger partial charge in [0, 0.05) is 12.6 Å². The standard InChI is InChI=1S/C10H13ClN3O/c1-2-8-7-15-6-5-14(8)9-3-4-12-10(11)13-9/h3,8H,2,5-7H2,1H3/t8-/m0/s1. The van der Waals surface area contributed by atoms with Crippen LogP contribution in [0.1, 0.15) is 13.3 Å². The highest BCUT2D eigenvalue weighted by Crippen LogP contribution is 2.19. The van der Waals surface area contributed by atoms with Gasteiger partial charge in [-0.25, -0.2) is 9.97 Å². The number of nitrogens with zero attached hydrogens (tertiary/aromatic N) is 3. The largest absolute Gasteiger partial charge is 0.377 e. The van der Waals surface area contributed by atoms with Crippen LogP contribution in [0.4, 0.5) is 5.82 Å². The Morgan fingerprint density at radius 3 is 3.33 bits per heavy atom. The van der Waals surface area contributed by atoms with Crippen molar-refractivity contribution in [1.82, 2.24) is 9.97 Å². The lowest BCUT2D eigenvalue weighted by atomic mass is 10.2. The fourth-order valence-electron chi connectivity index (χ4n) is 1.74. The van der Waals surface area contributed by atoms with Crippen molar-refractivity contribution in [2.45, 2.75) is 19.4 Å². The highest BCUT2D eigenvalue weighted by Gasteiger charge is 2.22. The molecule has 0 amide bonds. The van der Waals surface area contributed by atoms with Crippen LogP contribution < -0.4 is 4.90 Å². The number of ether oxygens (including phenoxy) is 1. The molecule has 1 aromatic rings. The summed E-state index contributed by atoms with van der Waals surface area (Å²) in [6, 6.07) is 2.14. The van der Waals surface area contributed by atoms with Gasteiger partial charge in [-0.05, 0) is 18.0 Å². The molecular weight excluding hydrogens is 214 g/mol.